The minimum atomic E-state index is 0.234. The molecule has 0 amide bonds. The van der Waals surface area contributed by atoms with E-state index < -0.39 is 0 Å². The molecule has 0 aliphatic carbocycles. The number of halogens is 1. The maximum absolute atomic E-state index is 6.21. The summed E-state index contributed by atoms with van der Waals surface area (Å²) in [6.07, 6.45) is 0. The van der Waals surface area contributed by atoms with Gasteiger partial charge in [-0.25, -0.2) is 0 Å². The summed E-state index contributed by atoms with van der Waals surface area (Å²) in [5, 5.41) is 4.32. The Labute approximate surface area is 126 Å². The van der Waals surface area contributed by atoms with Gasteiger partial charge in [0, 0.05) is 37.4 Å². The second-order valence-corrected chi connectivity index (χ2v) is 5.59. The third-order valence-corrected chi connectivity index (χ3v) is 3.78. The predicted molar refractivity (Wildman–Crippen MR) is 87.5 cm³/mol. The van der Waals surface area contributed by atoms with E-state index in [-0.39, 0.29) is 6.04 Å². The standard InChI is InChI=1S/C17H21ClN2/c1-13(16-6-4-5-7-17(16)18)19-12-14-8-10-15(11-9-14)20(2)3/h4-11,13,19H,12H2,1-3H3. The van der Waals surface area contributed by atoms with Gasteiger partial charge in [0.1, 0.15) is 0 Å². The number of hydrogen-bond acceptors (Lipinski definition) is 2. The summed E-state index contributed by atoms with van der Waals surface area (Å²) in [6.45, 7) is 2.97. The Balaban J connectivity index is 1.96. The maximum Gasteiger partial charge on any atom is 0.0453 e. The molecular weight excluding hydrogens is 268 g/mol. The fraction of sp³-hybridized carbons (Fsp3) is 0.294. The van der Waals surface area contributed by atoms with Gasteiger partial charge < -0.3 is 10.2 Å². The Morgan fingerprint density at radius 1 is 1.05 bits per heavy atom. The molecule has 0 fully saturated rings. The number of nitrogens with zero attached hydrogens (tertiary/aromatic N) is 1. The van der Waals surface area contributed by atoms with Crippen molar-refractivity contribution in [1.82, 2.24) is 5.32 Å². The van der Waals surface area contributed by atoms with Gasteiger partial charge in [0.05, 0.1) is 0 Å². The van der Waals surface area contributed by atoms with Gasteiger partial charge in [0.25, 0.3) is 0 Å². The predicted octanol–water partition coefficient (Wildman–Crippen LogP) is 4.26. The van der Waals surface area contributed by atoms with Gasteiger partial charge in [0.15, 0.2) is 0 Å². The first kappa shape index (κ1) is 14.9. The zero-order valence-corrected chi connectivity index (χ0v) is 13.0. The fourth-order valence-electron chi connectivity index (χ4n) is 2.12. The van der Waals surface area contributed by atoms with E-state index in [1.807, 2.05) is 32.3 Å². The van der Waals surface area contributed by atoms with Gasteiger partial charge >= 0.3 is 0 Å². The Kier molecular flexibility index (Phi) is 5.05. The molecule has 0 saturated carbocycles. The van der Waals surface area contributed by atoms with Crippen LogP contribution in [0.1, 0.15) is 24.1 Å². The van der Waals surface area contributed by atoms with Gasteiger partial charge in [-0.05, 0) is 36.2 Å². The molecule has 2 nitrogen and oxygen atoms in total. The topological polar surface area (TPSA) is 15.3 Å². The SMILES string of the molecule is CC(NCc1ccc(N(C)C)cc1)c1ccccc1Cl. The Hall–Kier alpha value is -1.51. The van der Waals surface area contributed by atoms with Crippen LogP contribution in [0.5, 0.6) is 0 Å². The highest BCUT2D eigenvalue weighted by atomic mass is 35.5. The van der Waals surface area contributed by atoms with E-state index in [0.29, 0.717) is 0 Å². The van der Waals surface area contributed by atoms with E-state index in [0.717, 1.165) is 17.1 Å². The molecule has 0 aliphatic heterocycles. The number of rotatable bonds is 5. The normalized spacial score (nSPS) is 12.2. The quantitative estimate of drug-likeness (QED) is 0.884. The number of nitrogens with one attached hydrogen (secondary N) is 1. The van der Waals surface area contributed by atoms with Crippen molar-refractivity contribution < 1.29 is 0 Å². The highest BCUT2D eigenvalue weighted by Gasteiger charge is 2.08. The first-order chi connectivity index (χ1) is 9.58. The Bertz CT molecular complexity index is 549. The lowest BCUT2D eigenvalue weighted by molar-refractivity contribution is 0.575. The van der Waals surface area contributed by atoms with Crippen LogP contribution in [0.15, 0.2) is 48.5 Å². The molecule has 0 spiro atoms. The van der Waals surface area contributed by atoms with Crippen molar-refractivity contribution in [3.05, 3.63) is 64.7 Å². The summed E-state index contributed by atoms with van der Waals surface area (Å²) in [5.41, 5.74) is 3.63. The van der Waals surface area contributed by atoms with Gasteiger partial charge in [-0.3, -0.25) is 0 Å². The minimum Gasteiger partial charge on any atom is -0.378 e. The highest BCUT2D eigenvalue weighted by molar-refractivity contribution is 6.31. The van der Waals surface area contributed by atoms with Gasteiger partial charge in [-0.2, -0.15) is 0 Å². The van der Waals surface area contributed by atoms with E-state index in [2.05, 4.69) is 47.5 Å². The smallest absolute Gasteiger partial charge is 0.0453 e. The van der Waals surface area contributed by atoms with Gasteiger partial charge in [-0.15, -0.1) is 0 Å². The lowest BCUT2D eigenvalue weighted by atomic mass is 10.1. The molecule has 1 unspecified atom stereocenters. The summed E-state index contributed by atoms with van der Waals surface area (Å²) in [5.74, 6) is 0. The van der Waals surface area contributed by atoms with Crippen LogP contribution in [-0.2, 0) is 6.54 Å². The second-order valence-electron chi connectivity index (χ2n) is 5.18. The highest BCUT2D eigenvalue weighted by Crippen LogP contribution is 2.22. The lowest BCUT2D eigenvalue weighted by Gasteiger charge is -2.16. The molecule has 0 heterocycles. The molecule has 20 heavy (non-hydrogen) atoms. The molecule has 2 aromatic rings. The molecule has 106 valence electrons. The van der Waals surface area contributed by atoms with Crippen molar-refractivity contribution in [3.63, 3.8) is 0 Å². The maximum atomic E-state index is 6.21. The second kappa shape index (κ2) is 6.78. The van der Waals surface area contributed by atoms with Crippen molar-refractivity contribution in [2.75, 3.05) is 19.0 Å². The zero-order valence-electron chi connectivity index (χ0n) is 12.2. The van der Waals surface area contributed by atoms with Crippen LogP contribution in [0.2, 0.25) is 5.02 Å². The van der Waals surface area contributed by atoms with Crippen molar-refractivity contribution >= 4 is 17.3 Å². The first-order valence-electron chi connectivity index (χ1n) is 6.82. The fourth-order valence-corrected chi connectivity index (χ4v) is 2.42. The van der Waals surface area contributed by atoms with Crippen LogP contribution < -0.4 is 10.2 Å². The monoisotopic (exact) mass is 288 g/mol. The van der Waals surface area contributed by atoms with E-state index >= 15 is 0 Å². The Morgan fingerprint density at radius 2 is 1.70 bits per heavy atom. The lowest BCUT2D eigenvalue weighted by Crippen LogP contribution is -2.18. The average Bonchev–Trinajstić information content (AvgIpc) is 2.45. The molecule has 0 radical (unpaired) electrons. The largest absolute Gasteiger partial charge is 0.378 e. The first-order valence-corrected chi connectivity index (χ1v) is 7.20. The third kappa shape index (κ3) is 3.75. The van der Waals surface area contributed by atoms with Crippen molar-refractivity contribution in [2.24, 2.45) is 0 Å². The van der Waals surface area contributed by atoms with E-state index in [4.69, 9.17) is 11.6 Å². The molecule has 2 aromatic carbocycles. The molecule has 1 atom stereocenters. The molecular formula is C17H21ClN2. The van der Waals surface area contributed by atoms with Crippen molar-refractivity contribution in [2.45, 2.75) is 19.5 Å². The van der Waals surface area contributed by atoms with Crippen LogP contribution in [-0.4, -0.2) is 14.1 Å². The zero-order chi connectivity index (χ0) is 14.5. The van der Waals surface area contributed by atoms with Crippen LogP contribution >= 0.6 is 11.6 Å². The minimum absolute atomic E-state index is 0.234. The molecule has 0 saturated heterocycles. The van der Waals surface area contributed by atoms with Gasteiger partial charge in [0.2, 0.25) is 0 Å². The molecule has 0 aromatic heterocycles. The number of benzene rings is 2. The van der Waals surface area contributed by atoms with Crippen LogP contribution in [0.25, 0.3) is 0 Å². The third-order valence-electron chi connectivity index (χ3n) is 3.44. The van der Waals surface area contributed by atoms with Gasteiger partial charge in [-0.1, -0.05) is 41.9 Å². The summed E-state index contributed by atoms with van der Waals surface area (Å²) in [7, 11) is 4.10. The van der Waals surface area contributed by atoms with Crippen LogP contribution in [0, 0.1) is 0 Å². The number of hydrogen-bond donors (Lipinski definition) is 1. The number of anilines is 1. The molecule has 0 bridgehead atoms. The molecule has 2 rings (SSSR count). The van der Waals surface area contributed by atoms with E-state index in [1.165, 1.54) is 11.3 Å². The Morgan fingerprint density at radius 3 is 2.30 bits per heavy atom. The summed E-state index contributed by atoms with van der Waals surface area (Å²) < 4.78 is 0. The molecule has 1 N–H and O–H groups in total. The molecule has 0 aliphatic rings. The average molecular weight is 289 g/mol. The summed E-state index contributed by atoms with van der Waals surface area (Å²) in [4.78, 5) is 2.10. The summed E-state index contributed by atoms with van der Waals surface area (Å²) in [6, 6.07) is 16.8. The van der Waals surface area contributed by atoms with Crippen molar-refractivity contribution in [3.8, 4) is 0 Å². The van der Waals surface area contributed by atoms with E-state index in [9.17, 15) is 0 Å². The molecule has 3 heteroatoms. The summed E-state index contributed by atoms with van der Waals surface area (Å²) >= 11 is 6.21. The van der Waals surface area contributed by atoms with Crippen LogP contribution in [0.3, 0.4) is 0 Å². The van der Waals surface area contributed by atoms with Crippen molar-refractivity contribution in [1.29, 1.82) is 0 Å². The van der Waals surface area contributed by atoms with E-state index in [1.54, 1.807) is 0 Å². The van der Waals surface area contributed by atoms with Crippen LogP contribution in [0.4, 0.5) is 5.69 Å².